The Hall–Kier alpha value is -1.32. The minimum atomic E-state index is 0.369. The Morgan fingerprint density at radius 2 is 2.14 bits per heavy atom. The molecule has 3 rings (SSSR count). The molecule has 2 heterocycles. The molecule has 112 valence electrons. The van der Waals surface area contributed by atoms with Gasteiger partial charge in [0.15, 0.2) is 0 Å². The zero-order valence-corrected chi connectivity index (χ0v) is 13.5. The van der Waals surface area contributed by atoms with Crippen molar-refractivity contribution in [1.29, 1.82) is 0 Å². The summed E-state index contributed by atoms with van der Waals surface area (Å²) in [7, 11) is 0. The fourth-order valence-electron chi connectivity index (χ4n) is 3.05. The second-order valence-electron chi connectivity index (χ2n) is 5.83. The molecular weight excluding hydrogens is 278 g/mol. The molecule has 3 atom stereocenters. The van der Waals surface area contributed by atoms with Crippen LogP contribution in [0.15, 0.2) is 41.8 Å². The molecule has 21 heavy (non-hydrogen) atoms. The number of rotatable bonds is 5. The van der Waals surface area contributed by atoms with Crippen molar-refractivity contribution in [2.75, 3.05) is 6.61 Å². The van der Waals surface area contributed by atoms with E-state index in [0.717, 1.165) is 12.4 Å². The van der Waals surface area contributed by atoms with E-state index in [-0.39, 0.29) is 0 Å². The van der Waals surface area contributed by atoms with E-state index in [2.05, 4.69) is 60.9 Å². The van der Waals surface area contributed by atoms with Gasteiger partial charge in [0.25, 0.3) is 0 Å². The number of fused-ring (bicyclic) bond motifs is 1. The summed E-state index contributed by atoms with van der Waals surface area (Å²) in [5.41, 5.74) is 1.30. The lowest BCUT2D eigenvalue weighted by Crippen LogP contribution is -2.36. The molecular formula is C18H23NOS. The molecule has 2 nitrogen and oxygen atoms in total. The van der Waals surface area contributed by atoms with Crippen molar-refractivity contribution in [3.8, 4) is 5.75 Å². The number of ether oxygens (including phenoxy) is 1. The zero-order valence-electron chi connectivity index (χ0n) is 12.7. The molecule has 2 aromatic rings. The average molecular weight is 301 g/mol. The number of nitrogens with one attached hydrogen (secondary N) is 1. The Labute approximate surface area is 131 Å². The number of benzene rings is 1. The van der Waals surface area contributed by atoms with E-state index in [1.54, 1.807) is 0 Å². The van der Waals surface area contributed by atoms with Crippen LogP contribution >= 0.6 is 11.3 Å². The average Bonchev–Trinajstić information content (AvgIpc) is 3.03. The third kappa shape index (κ3) is 3.14. The zero-order chi connectivity index (χ0) is 14.7. The number of thiophene rings is 1. The van der Waals surface area contributed by atoms with Gasteiger partial charge in [0.2, 0.25) is 0 Å². The van der Waals surface area contributed by atoms with Gasteiger partial charge in [-0.2, -0.15) is 0 Å². The van der Waals surface area contributed by atoms with Crippen molar-refractivity contribution in [3.63, 3.8) is 0 Å². The second-order valence-corrected chi connectivity index (χ2v) is 6.81. The van der Waals surface area contributed by atoms with Gasteiger partial charge in [0.1, 0.15) is 5.75 Å². The van der Waals surface area contributed by atoms with Gasteiger partial charge >= 0.3 is 0 Å². The Morgan fingerprint density at radius 3 is 2.90 bits per heavy atom. The molecule has 0 saturated carbocycles. The van der Waals surface area contributed by atoms with Crippen LogP contribution < -0.4 is 10.1 Å². The van der Waals surface area contributed by atoms with Crippen LogP contribution in [0.25, 0.3) is 0 Å². The molecule has 0 aliphatic carbocycles. The van der Waals surface area contributed by atoms with Crippen molar-refractivity contribution >= 4 is 11.3 Å². The predicted molar refractivity (Wildman–Crippen MR) is 88.9 cm³/mol. The Bertz CT molecular complexity index is 566. The monoisotopic (exact) mass is 301 g/mol. The smallest absolute Gasteiger partial charge is 0.124 e. The quantitative estimate of drug-likeness (QED) is 0.843. The van der Waals surface area contributed by atoms with E-state index < -0.39 is 0 Å². The van der Waals surface area contributed by atoms with E-state index in [9.17, 15) is 0 Å². The third-order valence-electron chi connectivity index (χ3n) is 4.17. The van der Waals surface area contributed by atoms with Crippen molar-refractivity contribution in [2.45, 2.75) is 38.8 Å². The summed E-state index contributed by atoms with van der Waals surface area (Å²) in [5.74, 6) is 1.52. The van der Waals surface area contributed by atoms with Gasteiger partial charge < -0.3 is 10.1 Å². The van der Waals surface area contributed by atoms with Gasteiger partial charge in [-0.3, -0.25) is 0 Å². The summed E-state index contributed by atoms with van der Waals surface area (Å²) >= 11 is 1.85. The molecule has 1 N–H and O–H groups in total. The number of hydrogen-bond donors (Lipinski definition) is 1. The van der Waals surface area contributed by atoms with E-state index in [0.29, 0.717) is 18.0 Å². The molecule has 0 bridgehead atoms. The number of hydrogen-bond acceptors (Lipinski definition) is 3. The molecule has 1 aromatic carbocycles. The Balaban J connectivity index is 1.85. The third-order valence-corrected chi connectivity index (χ3v) is 5.16. The maximum atomic E-state index is 5.86. The minimum Gasteiger partial charge on any atom is -0.493 e. The summed E-state index contributed by atoms with van der Waals surface area (Å²) in [6.45, 7) is 5.31. The van der Waals surface area contributed by atoms with E-state index in [1.807, 2.05) is 11.3 Å². The molecule has 1 aliphatic heterocycles. The molecule has 0 radical (unpaired) electrons. The summed E-state index contributed by atoms with van der Waals surface area (Å²) in [6.07, 6.45) is 2.36. The summed E-state index contributed by atoms with van der Waals surface area (Å²) in [6, 6.07) is 13.6. The van der Waals surface area contributed by atoms with E-state index >= 15 is 0 Å². The normalized spacial score (nSPS) is 22.4. The lowest BCUT2D eigenvalue weighted by molar-refractivity contribution is 0.179. The van der Waals surface area contributed by atoms with Crippen LogP contribution in [0.4, 0.5) is 0 Å². The molecule has 0 spiro atoms. The lowest BCUT2D eigenvalue weighted by atomic mass is 9.91. The predicted octanol–water partition coefficient (Wildman–Crippen LogP) is 4.95. The van der Waals surface area contributed by atoms with Crippen LogP contribution in [-0.2, 0) is 0 Å². The van der Waals surface area contributed by atoms with Crippen LogP contribution in [0, 0.1) is 5.92 Å². The molecule has 1 aliphatic rings. The minimum absolute atomic E-state index is 0.369. The van der Waals surface area contributed by atoms with Crippen LogP contribution in [0.5, 0.6) is 5.75 Å². The molecule has 3 unspecified atom stereocenters. The standard InChI is InChI=1S/C18H23NOS/c1-3-7-15(17-10-6-11-21-17)19-18-13(2)12-20-16-9-5-4-8-14(16)18/h4-6,8-11,13,15,18-19H,3,7,12H2,1-2H3. The van der Waals surface area contributed by atoms with Crippen LogP contribution in [-0.4, -0.2) is 6.61 Å². The topological polar surface area (TPSA) is 21.3 Å². The maximum Gasteiger partial charge on any atom is 0.124 e. The highest BCUT2D eigenvalue weighted by molar-refractivity contribution is 7.10. The first kappa shape index (κ1) is 14.6. The summed E-state index contributed by atoms with van der Waals surface area (Å²) in [5, 5.41) is 6.06. The molecule has 0 saturated heterocycles. The van der Waals surface area contributed by atoms with Gasteiger partial charge in [-0.1, -0.05) is 44.5 Å². The highest BCUT2D eigenvalue weighted by atomic mass is 32.1. The van der Waals surface area contributed by atoms with Gasteiger partial charge in [-0.25, -0.2) is 0 Å². The SMILES string of the molecule is CCCC(NC1c2ccccc2OCC1C)c1cccs1. The first-order valence-corrected chi connectivity index (χ1v) is 8.68. The van der Waals surface area contributed by atoms with Crippen LogP contribution in [0.3, 0.4) is 0 Å². The molecule has 3 heteroatoms. The maximum absolute atomic E-state index is 5.86. The second kappa shape index (κ2) is 6.63. The Kier molecular flexibility index (Phi) is 4.61. The van der Waals surface area contributed by atoms with Gasteiger partial charge in [0.05, 0.1) is 6.61 Å². The fourth-order valence-corrected chi connectivity index (χ4v) is 3.87. The van der Waals surface area contributed by atoms with Crippen molar-refractivity contribution in [3.05, 3.63) is 52.2 Å². The molecule has 0 fully saturated rings. The highest BCUT2D eigenvalue weighted by Gasteiger charge is 2.29. The van der Waals surface area contributed by atoms with Gasteiger partial charge in [0, 0.05) is 28.4 Å². The summed E-state index contributed by atoms with van der Waals surface area (Å²) in [4.78, 5) is 1.44. The van der Waals surface area contributed by atoms with Crippen molar-refractivity contribution < 1.29 is 4.74 Å². The van der Waals surface area contributed by atoms with Crippen molar-refractivity contribution in [1.82, 2.24) is 5.32 Å². The summed E-state index contributed by atoms with van der Waals surface area (Å²) < 4.78 is 5.86. The van der Waals surface area contributed by atoms with Crippen LogP contribution in [0.2, 0.25) is 0 Å². The van der Waals surface area contributed by atoms with E-state index in [4.69, 9.17) is 4.74 Å². The van der Waals surface area contributed by atoms with Crippen LogP contribution in [0.1, 0.15) is 49.2 Å². The lowest BCUT2D eigenvalue weighted by Gasteiger charge is -2.35. The molecule has 1 aromatic heterocycles. The largest absolute Gasteiger partial charge is 0.493 e. The van der Waals surface area contributed by atoms with Gasteiger partial charge in [-0.15, -0.1) is 11.3 Å². The number of para-hydroxylation sites is 1. The first-order valence-electron chi connectivity index (χ1n) is 7.80. The Morgan fingerprint density at radius 1 is 1.29 bits per heavy atom. The van der Waals surface area contributed by atoms with Crippen molar-refractivity contribution in [2.24, 2.45) is 5.92 Å². The first-order chi connectivity index (χ1) is 10.3. The fraction of sp³-hybridized carbons (Fsp3) is 0.444. The molecule has 0 amide bonds. The highest BCUT2D eigenvalue weighted by Crippen LogP contribution is 2.37. The van der Waals surface area contributed by atoms with Gasteiger partial charge in [-0.05, 0) is 23.9 Å². The van der Waals surface area contributed by atoms with E-state index in [1.165, 1.54) is 23.3 Å².